The molecular formula is C21H18N4S. The molecule has 0 bridgehead atoms. The molecule has 0 saturated heterocycles. The predicted molar refractivity (Wildman–Crippen MR) is 105 cm³/mol. The smallest absolute Gasteiger partial charge is 0.181 e. The minimum Gasteiger partial charge on any atom is -0.301 e. The molecule has 1 aliphatic rings. The average Bonchev–Trinajstić information content (AvgIpc) is 3.15. The molecule has 2 aromatic carbocycles. The Morgan fingerprint density at radius 3 is 2.92 bits per heavy atom. The van der Waals surface area contributed by atoms with Gasteiger partial charge < -0.3 is 4.90 Å². The lowest BCUT2D eigenvalue weighted by Gasteiger charge is -2.33. The Labute approximate surface area is 156 Å². The summed E-state index contributed by atoms with van der Waals surface area (Å²) >= 11 is 1.81. The van der Waals surface area contributed by atoms with Crippen LogP contribution in [0.25, 0.3) is 21.5 Å². The van der Waals surface area contributed by atoms with Gasteiger partial charge in [0.1, 0.15) is 0 Å². The van der Waals surface area contributed by atoms with Crippen molar-refractivity contribution in [3.8, 4) is 11.4 Å². The highest BCUT2D eigenvalue weighted by Crippen LogP contribution is 2.36. The van der Waals surface area contributed by atoms with Crippen LogP contribution in [0.1, 0.15) is 22.6 Å². The molecule has 4 nitrogen and oxygen atoms in total. The number of likely N-dealkylation sites (N-methyl/N-ethyl adjacent to an activating group) is 1. The minimum atomic E-state index is 0.388. The van der Waals surface area contributed by atoms with Crippen LogP contribution in [-0.4, -0.2) is 33.7 Å². The maximum absolute atomic E-state index is 4.34. The van der Waals surface area contributed by atoms with Gasteiger partial charge in [-0.05, 0) is 52.7 Å². The highest BCUT2D eigenvalue weighted by molar-refractivity contribution is 7.17. The number of rotatable bonds is 2. The van der Waals surface area contributed by atoms with Gasteiger partial charge >= 0.3 is 0 Å². The minimum absolute atomic E-state index is 0.388. The van der Waals surface area contributed by atoms with Gasteiger partial charge in [-0.1, -0.05) is 24.3 Å². The number of benzene rings is 2. The summed E-state index contributed by atoms with van der Waals surface area (Å²) in [5.41, 5.74) is 5.17. The van der Waals surface area contributed by atoms with E-state index in [1.165, 1.54) is 26.8 Å². The number of hydrogen-bond acceptors (Lipinski definition) is 5. The second-order valence-electron chi connectivity index (χ2n) is 6.85. The first-order valence-corrected chi connectivity index (χ1v) is 9.58. The van der Waals surface area contributed by atoms with Gasteiger partial charge in [-0.2, -0.15) is 5.10 Å². The third-order valence-corrected chi connectivity index (χ3v) is 5.96. The van der Waals surface area contributed by atoms with E-state index in [9.17, 15) is 0 Å². The molecule has 5 heteroatoms. The van der Waals surface area contributed by atoms with E-state index >= 15 is 0 Å². The number of hydrogen-bond donors (Lipinski definition) is 0. The van der Waals surface area contributed by atoms with Crippen LogP contribution < -0.4 is 0 Å². The summed E-state index contributed by atoms with van der Waals surface area (Å²) in [5.74, 6) is 1.07. The Kier molecular flexibility index (Phi) is 3.76. The molecule has 1 atom stereocenters. The molecule has 0 saturated carbocycles. The molecule has 4 aromatic rings. The number of nitrogens with zero attached hydrogens (tertiary/aromatic N) is 4. The van der Waals surface area contributed by atoms with Crippen LogP contribution in [0.2, 0.25) is 0 Å². The van der Waals surface area contributed by atoms with E-state index in [0.29, 0.717) is 11.7 Å². The van der Waals surface area contributed by atoms with Gasteiger partial charge in [-0.25, -0.2) is 4.98 Å². The molecule has 3 heterocycles. The summed E-state index contributed by atoms with van der Waals surface area (Å²) in [4.78, 5) is 6.72. The van der Waals surface area contributed by atoms with Crippen LogP contribution in [-0.2, 0) is 6.54 Å². The van der Waals surface area contributed by atoms with Gasteiger partial charge in [-0.3, -0.25) is 0 Å². The van der Waals surface area contributed by atoms with Crippen molar-refractivity contribution in [1.29, 1.82) is 0 Å². The summed E-state index contributed by atoms with van der Waals surface area (Å²) in [6, 6.07) is 15.7. The maximum Gasteiger partial charge on any atom is 0.181 e. The Morgan fingerprint density at radius 2 is 2.04 bits per heavy atom. The van der Waals surface area contributed by atoms with Gasteiger partial charge in [0.25, 0.3) is 0 Å². The van der Waals surface area contributed by atoms with Gasteiger partial charge in [0.15, 0.2) is 5.82 Å². The van der Waals surface area contributed by atoms with Crippen molar-refractivity contribution < 1.29 is 0 Å². The third-order valence-electron chi connectivity index (χ3n) is 5.08. The fourth-order valence-electron chi connectivity index (χ4n) is 3.84. The molecule has 1 unspecified atom stereocenters. The summed E-state index contributed by atoms with van der Waals surface area (Å²) in [6.45, 7) is 1.98. The highest BCUT2D eigenvalue weighted by Gasteiger charge is 2.25. The second kappa shape index (κ2) is 6.27. The summed E-state index contributed by atoms with van der Waals surface area (Å²) in [6.07, 6.45) is 3.29. The van der Waals surface area contributed by atoms with E-state index in [1.807, 2.05) is 11.3 Å². The second-order valence-corrected chi connectivity index (χ2v) is 7.79. The summed E-state index contributed by atoms with van der Waals surface area (Å²) in [7, 11) is 2.19. The van der Waals surface area contributed by atoms with Crippen LogP contribution >= 0.6 is 11.3 Å². The zero-order chi connectivity index (χ0) is 17.5. The summed E-state index contributed by atoms with van der Waals surface area (Å²) in [5, 5.41) is 11.6. The van der Waals surface area contributed by atoms with E-state index in [2.05, 4.69) is 75.0 Å². The van der Waals surface area contributed by atoms with Gasteiger partial charge in [-0.15, -0.1) is 16.4 Å². The Morgan fingerprint density at radius 1 is 1.08 bits per heavy atom. The molecule has 1 aliphatic heterocycles. The van der Waals surface area contributed by atoms with Crippen molar-refractivity contribution in [3.05, 3.63) is 76.9 Å². The number of aromatic nitrogens is 3. The molecule has 128 valence electrons. The molecular weight excluding hydrogens is 340 g/mol. The first-order valence-electron chi connectivity index (χ1n) is 8.70. The largest absolute Gasteiger partial charge is 0.301 e. The monoisotopic (exact) mass is 358 g/mol. The molecule has 0 aliphatic carbocycles. The van der Waals surface area contributed by atoms with Crippen LogP contribution in [0.4, 0.5) is 0 Å². The number of fused-ring (bicyclic) bond motifs is 2. The van der Waals surface area contributed by atoms with Crippen LogP contribution in [0.5, 0.6) is 0 Å². The molecule has 0 amide bonds. The van der Waals surface area contributed by atoms with E-state index < -0.39 is 0 Å². The van der Waals surface area contributed by atoms with Crippen LogP contribution in [0, 0.1) is 0 Å². The summed E-state index contributed by atoms with van der Waals surface area (Å²) < 4.78 is 1.36. The Balaban J connectivity index is 1.59. The Bertz CT molecular complexity index is 1070. The fourth-order valence-corrected chi connectivity index (χ4v) is 4.68. The van der Waals surface area contributed by atoms with Crippen LogP contribution in [0.15, 0.2) is 60.2 Å². The Hall–Kier alpha value is -2.63. The van der Waals surface area contributed by atoms with Gasteiger partial charge in [0.2, 0.25) is 0 Å². The lowest BCUT2D eigenvalue weighted by molar-refractivity contribution is 0.295. The fraction of sp³-hybridized carbons (Fsp3) is 0.190. The lowest BCUT2D eigenvalue weighted by Crippen LogP contribution is -2.31. The van der Waals surface area contributed by atoms with Crippen molar-refractivity contribution >= 4 is 21.4 Å². The van der Waals surface area contributed by atoms with E-state index in [1.54, 1.807) is 12.4 Å². The topological polar surface area (TPSA) is 41.9 Å². The zero-order valence-electron chi connectivity index (χ0n) is 14.5. The van der Waals surface area contributed by atoms with Crippen molar-refractivity contribution in [3.63, 3.8) is 0 Å². The molecule has 0 spiro atoms. The molecule has 0 N–H and O–H groups in total. The standard InChI is InChI=1S/C21H18N4S/c1-25-12-17-10-16(21-22-7-8-23-24-21)4-5-18(17)19(13-25)15-3-2-14-6-9-26-20(14)11-15/h2-11,19H,12-13H2,1H3. The first kappa shape index (κ1) is 15.6. The number of thiophene rings is 1. The van der Waals surface area contributed by atoms with Crippen molar-refractivity contribution in [2.45, 2.75) is 12.5 Å². The normalized spacial score (nSPS) is 17.3. The van der Waals surface area contributed by atoms with E-state index in [4.69, 9.17) is 0 Å². The average molecular weight is 358 g/mol. The third kappa shape index (κ3) is 2.69. The molecule has 0 radical (unpaired) electrons. The molecule has 26 heavy (non-hydrogen) atoms. The quantitative estimate of drug-likeness (QED) is 0.535. The SMILES string of the molecule is CN1Cc2cc(-c3nccnn3)ccc2C(c2ccc3ccsc3c2)C1. The predicted octanol–water partition coefficient (Wildman–Crippen LogP) is 4.33. The molecule has 2 aromatic heterocycles. The van der Waals surface area contributed by atoms with Gasteiger partial charge in [0.05, 0.1) is 6.20 Å². The van der Waals surface area contributed by atoms with Crippen molar-refractivity contribution in [2.24, 2.45) is 0 Å². The van der Waals surface area contributed by atoms with Crippen molar-refractivity contribution in [2.75, 3.05) is 13.6 Å². The zero-order valence-corrected chi connectivity index (χ0v) is 15.3. The lowest BCUT2D eigenvalue weighted by atomic mass is 9.84. The van der Waals surface area contributed by atoms with Crippen molar-refractivity contribution in [1.82, 2.24) is 20.1 Å². The van der Waals surface area contributed by atoms with Gasteiger partial charge in [0, 0.05) is 35.5 Å². The molecule has 0 fully saturated rings. The van der Waals surface area contributed by atoms with Crippen LogP contribution in [0.3, 0.4) is 0 Å². The van der Waals surface area contributed by atoms with E-state index in [0.717, 1.165) is 18.7 Å². The highest BCUT2D eigenvalue weighted by atomic mass is 32.1. The first-order chi connectivity index (χ1) is 12.8. The van der Waals surface area contributed by atoms with E-state index in [-0.39, 0.29) is 0 Å². The molecule has 5 rings (SSSR count). The maximum atomic E-state index is 4.34.